The molecule has 0 heterocycles. The lowest BCUT2D eigenvalue weighted by Crippen LogP contribution is -2.26. The van der Waals surface area contributed by atoms with Crippen molar-refractivity contribution in [1.29, 1.82) is 0 Å². The first kappa shape index (κ1) is 18.6. The lowest BCUT2D eigenvalue weighted by molar-refractivity contribution is -0.121. The molecule has 0 bridgehead atoms. The van der Waals surface area contributed by atoms with Gasteiger partial charge < -0.3 is 19.5 Å². The Bertz CT molecular complexity index is 675. The molecule has 1 atom stereocenters. The van der Waals surface area contributed by atoms with Crippen LogP contribution in [-0.2, 0) is 11.2 Å². The average molecular weight is 343 g/mol. The molecule has 0 aromatic heterocycles. The number of hydrogen-bond acceptors (Lipinski definition) is 4. The van der Waals surface area contributed by atoms with E-state index in [2.05, 4.69) is 5.32 Å². The van der Waals surface area contributed by atoms with E-state index >= 15 is 0 Å². The summed E-state index contributed by atoms with van der Waals surface area (Å²) in [6, 6.07) is 13.2. The van der Waals surface area contributed by atoms with E-state index in [-0.39, 0.29) is 11.9 Å². The molecule has 0 radical (unpaired) electrons. The zero-order chi connectivity index (χ0) is 18.2. The van der Waals surface area contributed by atoms with E-state index in [9.17, 15) is 4.79 Å². The van der Waals surface area contributed by atoms with Gasteiger partial charge in [0.2, 0.25) is 5.91 Å². The van der Waals surface area contributed by atoms with Crippen molar-refractivity contribution in [2.45, 2.75) is 25.8 Å². The minimum Gasteiger partial charge on any atom is -0.497 e. The average Bonchev–Trinajstić information content (AvgIpc) is 2.65. The normalized spacial score (nSPS) is 11.5. The first-order chi connectivity index (χ1) is 12.1. The van der Waals surface area contributed by atoms with Gasteiger partial charge in [-0.05, 0) is 43.2 Å². The Labute approximate surface area is 148 Å². The fraction of sp³-hybridized carbons (Fsp3) is 0.350. The largest absolute Gasteiger partial charge is 0.497 e. The second-order valence-electron chi connectivity index (χ2n) is 5.70. The number of ether oxygens (including phenoxy) is 3. The standard InChI is InChI=1S/C20H25NO4/c1-14(15-8-10-16(23-2)11-9-15)21-20(22)13-12-17-18(24-3)6-5-7-19(17)25-4/h5-11,14H,12-13H2,1-4H3,(H,21,22)/t14-/m1/s1. The van der Waals surface area contributed by atoms with Crippen molar-refractivity contribution in [1.82, 2.24) is 5.32 Å². The molecule has 2 aromatic rings. The number of carbonyl (C=O) groups is 1. The van der Waals surface area contributed by atoms with Crippen molar-refractivity contribution in [3.8, 4) is 17.2 Å². The molecule has 25 heavy (non-hydrogen) atoms. The molecule has 1 N–H and O–H groups in total. The van der Waals surface area contributed by atoms with Gasteiger partial charge in [0, 0.05) is 12.0 Å². The molecule has 0 saturated heterocycles. The summed E-state index contributed by atoms with van der Waals surface area (Å²) in [5, 5.41) is 3.02. The Hall–Kier alpha value is -2.69. The molecule has 0 aliphatic rings. The van der Waals surface area contributed by atoms with Crippen molar-refractivity contribution in [3.05, 3.63) is 53.6 Å². The van der Waals surface area contributed by atoms with E-state index in [1.54, 1.807) is 21.3 Å². The van der Waals surface area contributed by atoms with E-state index in [1.807, 2.05) is 49.4 Å². The Morgan fingerprint density at radius 2 is 1.56 bits per heavy atom. The quantitative estimate of drug-likeness (QED) is 0.797. The topological polar surface area (TPSA) is 56.8 Å². The zero-order valence-electron chi connectivity index (χ0n) is 15.2. The summed E-state index contributed by atoms with van der Waals surface area (Å²) in [5.74, 6) is 2.24. The van der Waals surface area contributed by atoms with Crippen LogP contribution >= 0.6 is 0 Å². The molecule has 0 spiro atoms. The molecule has 134 valence electrons. The highest BCUT2D eigenvalue weighted by molar-refractivity contribution is 5.77. The van der Waals surface area contributed by atoms with E-state index in [0.717, 1.165) is 28.4 Å². The van der Waals surface area contributed by atoms with E-state index in [0.29, 0.717) is 12.8 Å². The van der Waals surface area contributed by atoms with Crippen LogP contribution in [0.25, 0.3) is 0 Å². The van der Waals surface area contributed by atoms with Gasteiger partial charge in [-0.2, -0.15) is 0 Å². The van der Waals surface area contributed by atoms with Crippen LogP contribution in [0.3, 0.4) is 0 Å². The summed E-state index contributed by atoms with van der Waals surface area (Å²) in [5.41, 5.74) is 1.93. The number of amides is 1. The van der Waals surface area contributed by atoms with Gasteiger partial charge in [0.05, 0.1) is 27.4 Å². The Kier molecular flexibility index (Phi) is 6.69. The molecule has 5 nitrogen and oxygen atoms in total. The van der Waals surface area contributed by atoms with Crippen LogP contribution in [0.5, 0.6) is 17.2 Å². The number of benzene rings is 2. The fourth-order valence-electron chi connectivity index (χ4n) is 2.70. The Morgan fingerprint density at radius 3 is 2.08 bits per heavy atom. The summed E-state index contributed by atoms with van der Waals surface area (Å²) >= 11 is 0. The smallest absolute Gasteiger partial charge is 0.220 e. The number of nitrogens with one attached hydrogen (secondary N) is 1. The second-order valence-corrected chi connectivity index (χ2v) is 5.70. The van der Waals surface area contributed by atoms with Gasteiger partial charge >= 0.3 is 0 Å². The van der Waals surface area contributed by atoms with Gasteiger partial charge in [0.25, 0.3) is 0 Å². The van der Waals surface area contributed by atoms with Gasteiger partial charge in [-0.1, -0.05) is 18.2 Å². The lowest BCUT2D eigenvalue weighted by Gasteiger charge is -2.16. The third-order valence-corrected chi connectivity index (χ3v) is 4.13. The van der Waals surface area contributed by atoms with Gasteiger partial charge in [0.1, 0.15) is 17.2 Å². The van der Waals surface area contributed by atoms with Crippen LogP contribution in [0, 0.1) is 0 Å². The molecule has 5 heteroatoms. The van der Waals surface area contributed by atoms with Gasteiger partial charge in [-0.25, -0.2) is 0 Å². The van der Waals surface area contributed by atoms with Gasteiger partial charge in [-0.15, -0.1) is 0 Å². The molecule has 1 amide bonds. The zero-order valence-corrected chi connectivity index (χ0v) is 15.2. The summed E-state index contributed by atoms with van der Waals surface area (Å²) in [4.78, 5) is 12.3. The molecule has 0 aliphatic carbocycles. The SMILES string of the molecule is COc1ccc([C@@H](C)NC(=O)CCc2c(OC)cccc2OC)cc1. The minimum atomic E-state index is -0.0713. The summed E-state index contributed by atoms with van der Waals surface area (Å²) in [7, 11) is 4.86. The summed E-state index contributed by atoms with van der Waals surface area (Å²) < 4.78 is 15.9. The first-order valence-corrected chi connectivity index (χ1v) is 8.22. The van der Waals surface area contributed by atoms with E-state index < -0.39 is 0 Å². The van der Waals surface area contributed by atoms with Crippen LogP contribution in [-0.4, -0.2) is 27.2 Å². The minimum absolute atomic E-state index is 0.0173. The predicted octanol–water partition coefficient (Wildman–Crippen LogP) is 3.52. The van der Waals surface area contributed by atoms with Crippen LogP contribution in [0.2, 0.25) is 0 Å². The van der Waals surface area contributed by atoms with Crippen LogP contribution in [0.15, 0.2) is 42.5 Å². The molecule has 2 aromatic carbocycles. The number of methoxy groups -OCH3 is 3. The summed E-state index contributed by atoms with van der Waals surface area (Å²) in [6.45, 7) is 1.96. The van der Waals surface area contributed by atoms with Crippen LogP contribution in [0.4, 0.5) is 0 Å². The number of rotatable bonds is 8. The molecular weight excluding hydrogens is 318 g/mol. The maximum absolute atomic E-state index is 12.3. The van der Waals surface area contributed by atoms with E-state index in [1.165, 1.54) is 0 Å². The lowest BCUT2D eigenvalue weighted by atomic mass is 10.1. The second kappa shape index (κ2) is 8.97. The maximum atomic E-state index is 12.3. The van der Waals surface area contributed by atoms with Crippen molar-refractivity contribution < 1.29 is 19.0 Å². The van der Waals surface area contributed by atoms with Crippen molar-refractivity contribution in [3.63, 3.8) is 0 Å². The highest BCUT2D eigenvalue weighted by Gasteiger charge is 2.14. The van der Waals surface area contributed by atoms with E-state index in [4.69, 9.17) is 14.2 Å². The van der Waals surface area contributed by atoms with Gasteiger partial charge in [-0.3, -0.25) is 4.79 Å². The van der Waals surface area contributed by atoms with Gasteiger partial charge in [0.15, 0.2) is 0 Å². The number of hydrogen-bond donors (Lipinski definition) is 1. The fourth-order valence-corrected chi connectivity index (χ4v) is 2.70. The Morgan fingerprint density at radius 1 is 0.960 bits per heavy atom. The Balaban J connectivity index is 1.96. The first-order valence-electron chi connectivity index (χ1n) is 8.22. The van der Waals surface area contributed by atoms with Crippen molar-refractivity contribution in [2.75, 3.05) is 21.3 Å². The van der Waals surface area contributed by atoms with Crippen molar-refractivity contribution >= 4 is 5.91 Å². The van der Waals surface area contributed by atoms with Crippen LogP contribution < -0.4 is 19.5 Å². The highest BCUT2D eigenvalue weighted by Crippen LogP contribution is 2.29. The molecule has 0 saturated carbocycles. The molecule has 0 unspecified atom stereocenters. The maximum Gasteiger partial charge on any atom is 0.220 e. The van der Waals surface area contributed by atoms with Crippen LogP contribution in [0.1, 0.15) is 30.5 Å². The molecular formula is C20H25NO4. The third kappa shape index (κ3) is 4.89. The number of carbonyl (C=O) groups excluding carboxylic acids is 1. The molecule has 0 fully saturated rings. The molecule has 0 aliphatic heterocycles. The molecule has 2 rings (SSSR count). The predicted molar refractivity (Wildman–Crippen MR) is 97.4 cm³/mol. The highest BCUT2D eigenvalue weighted by atomic mass is 16.5. The third-order valence-electron chi connectivity index (χ3n) is 4.13. The monoisotopic (exact) mass is 343 g/mol. The summed E-state index contributed by atoms with van der Waals surface area (Å²) in [6.07, 6.45) is 0.908. The van der Waals surface area contributed by atoms with Crippen molar-refractivity contribution in [2.24, 2.45) is 0 Å².